The second-order valence-electron chi connectivity index (χ2n) is 5.06. The number of carboxylic acids is 1. The predicted molar refractivity (Wildman–Crippen MR) is 78.9 cm³/mol. The predicted octanol–water partition coefficient (Wildman–Crippen LogP) is 2.47. The zero-order valence-electron chi connectivity index (χ0n) is 11.3. The number of aromatic nitrogens is 3. The second-order valence-corrected chi connectivity index (χ2v) is 5.47. The van der Waals surface area contributed by atoms with Crippen LogP contribution in [0, 0.1) is 0 Å². The van der Waals surface area contributed by atoms with Crippen LogP contribution in [-0.2, 0) is 0 Å². The number of imidazole rings is 1. The van der Waals surface area contributed by atoms with Crippen LogP contribution in [0.5, 0.6) is 0 Å². The standard InChI is InChI=1S/C14H15ClN4O2/c15-12-7-10(14(20)21)8-17-13(12)18-4-1-11(2-5-18)19-6-3-16-9-19/h3,6-9,11H,1-2,4-5H2,(H,20,21). The number of nitrogens with zero attached hydrogens (tertiary/aromatic N) is 4. The van der Waals surface area contributed by atoms with Crippen molar-refractivity contribution >= 4 is 23.4 Å². The summed E-state index contributed by atoms with van der Waals surface area (Å²) in [6, 6.07) is 1.90. The number of anilines is 1. The van der Waals surface area contributed by atoms with Crippen LogP contribution < -0.4 is 4.90 Å². The van der Waals surface area contributed by atoms with E-state index in [1.165, 1.54) is 12.3 Å². The van der Waals surface area contributed by atoms with E-state index in [1.807, 2.05) is 12.5 Å². The summed E-state index contributed by atoms with van der Waals surface area (Å²) in [7, 11) is 0. The third-order valence-electron chi connectivity index (χ3n) is 3.78. The van der Waals surface area contributed by atoms with E-state index in [0.29, 0.717) is 16.9 Å². The molecule has 1 N–H and O–H groups in total. The maximum atomic E-state index is 10.9. The van der Waals surface area contributed by atoms with Gasteiger partial charge in [-0.2, -0.15) is 0 Å². The van der Waals surface area contributed by atoms with Crippen molar-refractivity contribution in [2.45, 2.75) is 18.9 Å². The van der Waals surface area contributed by atoms with E-state index in [4.69, 9.17) is 16.7 Å². The maximum Gasteiger partial charge on any atom is 0.337 e. The molecule has 7 heteroatoms. The molecule has 1 aliphatic heterocycles. The molecule has 0 amide bonds. The molecule has 0 atom stereocenters. The molecule has 3 rings (SSSR count). The molecule has 1 aliphatic rings. The van der Waals surface area contributed by atoms with Gasteiger partial charge in [-0.05, 0) is 18.9 Å². The quantitative estimate of drug-likeness (QED) is 0.943. The van der Waals surface area contributed by atoms with Gasteiger partial charge in [-0.3, -0.25) is 0 Å². The molecule has 2 aromatic rings. The molecule has 0 spiro atoms. The van der Waals surface area contributed by atoms with Crippen LogP contribution in [0.1, 0.15) is 29.2 Å². The number of aromatic carboxylic acids is 1. The lowest BCUT2D eigenvalue weighted by Crippen LogP contribution is -2.35. The molecule has 3 heterocycles. The molecule has 0 aliphatic carbocycles. The molecule has 110 valence electrons. The molecule has 1 fully saturated rings. The Balaban J connectivity index is 1.71. The minimum atomic E-state index is -1.02. The van der Waals surface area contributed by atoms with E-state index in [-0.39, 0.29) is 5.56 Å². The summed E-state index contributed by atoms with van der Waals surface area (Å²) in [4.78, 5) is 21.3. The number of carbonyl (C=O) groups is 1. The third kappa shape index (κ3) is 2.85. The van der Waals surface area contributed by atoms with Gasteiger partial charge in [0.2, 0.25) is 0 Å². The third-order valence-corrected chi connectivity index (χ3v) is 4.06. The van der Waals surface area contributed by atoms with Crippen LogP contribution in [0.3, 0.4) is 0 Å². The number of halogens is 1. The highest BCUT2D eigenvalue weighted by Crippen LogP contribution is 2.30. The van der Waals surface area contributed by atoms with Crippen molar-refractivity contribution < 1.29 is 9.90 Å². The van der Waals surface area contributed by atoms with Gasteiger partial charge in [-0.25, -0.2) is 14.8 Å². The summed E-state index contributed by atoms with van der Waals surface area (Å²) >= 11 is 6.16. The minimum Gasteiger partial charge on any atom is -0.478 e. The summed E-state index contributed by atoms with van der Waals surface area (Å²) in [5.74, 6) is -0.361. The molecule has 0 radical (unpaired) electrons. The van der Waals surface area contributed by atoms with Crippen molar-refractivity contribution in [1.82, 2.24) is 14.5 Å². The Bertz CT molecular complexity index is 636. The highest BCUT2D eigenvalue weighted by molar-refractivity contribution is 6.33. The number of pyridine rings is 1. The van der Waals surface area contributed by atoms with Crippen LogP contribution in [-0.4, -0.2) is 38.7 Å². The molecule has 0 aromatic carbocycles. The van der Waals surface area contributed by atoms with Crippen LogP contribution in [0.25, 0.3) is 0 Å². The summed E-state index contributed by atoms with van der Waals surface area (Å²) in [5.41, 5.74) is 0.108. The molecule has 2 aromatic heterocycles. The first-order valence-corrected chi connectivity index (χ1v) is 7.14. The smallest absolute Gasteiger partial charge is 0.337 e. The molecular weight excluding hydrogens is 292 g/mol. The Morgan fingerprint density at radius 1 is 1.38 bits per heavy atom. The fourth-order valence-corrected chi connectivity index (χ4v) is 2.93. The first kappa shape index (κ1) is 13.9. The van der Waals surface area contributed by atoms with E-state index in [0.717, 1.165) is 25.9 Å². The summed E-state index contributed by atoms with van der Waals surface area (Å²) in [6.45, 7) is 1.67. The van der Waals surface area contributed by atoms with Crippen LogP contribution in [0.2, 0.25) is 5.02 Å². The fraction of sp³-hybridized carbons (Fsp3) is 0.357. The van der Waals surface area contributed by atoms with Gasteiger partial charge < -0.3 is 14.6 Å². The van der Waals surface area contributed by atoms with E-state index in [1.54, 1.807) is 6.20 Å². The average Bonchev–Trinajstić information content (AvgIpc) is 3.01. The van der Waals surface area contributed by atoms with Gasteiger partial charge in [0.1, 0.15) is 5.82 Å². The van der Waals surface area contributed by atoms with Crippen LogP contribution >= 0.6 is 11.6 Å². The topological polar surface area (TPSA) is 71.2 Å². The van der Waals surface area contributed by atoms with Crippen LogP contribution in [0.15, 0.2) is 31.0 Å². The van der Waals surface area contributed by atoms with E-state index in [2.05, 4.69) is 19.4 Å². The monoisotopic (exact) mass is 306 g/mol. The van der Waals surface area contributed by atoms with Crippen molar-refractivity contribution in [2.75, 3.05) is 18.0 Å². The van der Waals surface area contributed by atoms with Gasteiger partial charge >= 0.3 is 5.97 Å². The van der Waals surface area contributed by atoms with Gasteiger partial charge in [0.15, 0.2) is 0 Å². The summed E-state index contributed by atoms with van der Waals surface area (Å²) in [6.07, 6.45) is 8.92. The lowest BCUT2D eigenvalue weighted by molar-refractivity contribution is 0.0696. The normalized spacial score (nSPS) is 16.1. The largest absolute Gasteiger partial charge is 0.478 e. The van der Waals surface area contributed by atoms with Crippen LogP contribution in [0.4, 0.5) is 5.82 Å². The van der Waals surface area contributed by atoms with Crippen molar-refractivity contribution in [2.24, 2.45) is 0 Å². The van der Waals surface area contributed by atoms with Crippen molar-refractivity contribution in [3.8, 4) is 0 Å². The highest BCUT2D eigenvalue weighted by atomic mass is 35.5. The second kappa shape index (κ2) is 5.73. The number of rotatable bonds is 3. The van der Waals surface area contributed by atoms with Gasteiger partial charge in [-0.1, -0.05) is 11.6 Å². The lowest BCUT2D eigenvalue weighted by Gasteiger charge is -2.33. The van der Waals surface area contributed by atoms with Crippen molar-refractivity contribution in [3.05, 3.63) is 41.6 Å². The molecule has 0 saturated carbocycles. The number of carboxylic acid groups (broad SMARTS) is 1. The Hall–Kier alpha value is -2.08. The van der Waals surface area contributed by atoms with Gasteiger partial charge in [-0.15, -0.1) is 0 Å². The Kier molecular flexibility index (Phi) is 3.79. The average molecular weight is 307 g/mol. The summed E-state index contributed by atoms with van der Waals surface area (Å²) in [5, 5.41) is 9.32. The molecule has 1 saturated heterocycles. The lowest BCUT2D eigenvalue weighted by atomic mass is 10.0. The number of hydrogen-bond donors (Lipinski definition) is 1. The maximum absolute atomic E-state index is 10.9. The first-order chi connectivity index (χ1) is 10.1. The minimum absolute atomic E-state index is 0.108. The Morgan fingerprint density at radius 2 is 2.14 bits per heavy atom. The van der Waals surface area contributed by atoms with E-state index >= 15 is 0 Å². The molecule has 21 heavy (non-hydrogen) atoms. The SMILES string of the molecule is O=C(O)c1cnc(N2CCC(n3ccnc3)CC2)c(Cl)c1. The fourth-order valence-electron chi connectivity index (χ4n) is 2.64. The van der Waals surface area contributed by atoms with Crippen molar-refractivity contribution in [3.63, 3.8) is 0 Å². The molecule has 6 nitrogen and oxygen atoms in total. The first-order valence-electron chi connectivity index (χ1n) is 6.76. The van der Waals surface area contributed by atoms with E-state index in [9.17, 15) is 4.79 Å². The number of hydrogen-bond acceptors (Lipinski definition) is 4. The highest BCUT2D eigenvalue weighted by Gasteiger charge is 2.23. The Morgan fingerprint density at radius 3 is 2.71 bits per heavy atom. The van der Waals surface area contributed by atoms with Gasteiger partial charge in [0.25, 0.3) is 0 Å². The zero-order valence-corrected chi connectivity index (χ0v) is 12.1. The van der Waals surface area contributed by atoms with Gasteiger partial charge in [0.05, 0.1) is 16.9 Å². The number of piperidine rings is 1. The van der Waals surface area contributed by atoms with Crippen molar-refractivity contribution in [1.29, 1.82) is 0 Å². The van der Waals surface area contributed by atoms with E-state index < -0.39 is 5.97 Å². The Labute approximate surface area is 127 Å². The molecule has 0 bridgehead atoms. The zero-order chi connectivity index (χ0) is 14.8. The summed E-state index contributed by atoms with van der Waals surface area (Å²) < 4.78 is 2.12. The molecular formula is C14H15ClN4O2. The molecule has 0 unspecified atom stereocenters. The van der Waals surface area contributed by atoms with Gasteiger partial charge in [0, 0.05) is 37.7 Å².